The lowest BCUT2D eigenvalue weighted by Gasteiger charge is -2.03. The van der Waals surface area contributed by atoms with Crippen LogP contribution in [0.15, 0.2) is 29.6 Å². The Hall–Kier alpha value is -2.28. The Bertz CT molecular complexity index is 627. The first-order valence-electron chi connectivity index (χ1n) is 5.28. The molecule has 0 unspecified atom stereocenters. The first kappa shape index (κ1) is 13.2. The molecule has 0 fully saturated rings. The van der Waals surface area contributed by atoms with E-state index in [4.69, 9.17) is 5.11 Å². The first-order chi connectivity index (χ1) is 9.06. The molecule has 0 aliphatic carbocycles. The van der Waals surface area contributed by atoms with E-state index < -0.39 is 11.9 Å². The van der Waals surface area contributed by atoms with E-state index in [1.54, 1.807) is 12.1 Å². The number of nitrogens with zero attached hydrogens (tertiary/aromatic N) is 1. The van der Waals surface area contributed by atoms with E-state index in [1.807, 2.05) is 0 Å². The van der Waals surface area contributed by atoms with E-state index in [0.29, 0.717) is 5.56 Å². The Kier molecular flexibility index (Phi) is 3.86. The van der Waals surface area contributed by atoms with E-state index >= 15 is 0 Å². The van der Waals surface area contributed by atoms with Gasteiger partial charge in [-0.15, -0.1) is 11.3 Å². The van der Waals surface area contributed by atoms with Crippen LogP contribution in [0.3, 0.4) is 0 Å². The summed E-state index contributed by atoms with van der Waals surface area (Å²) in [5.74, 6) is -2.05. The molecule has 0 aliphatic rings. The van der Waals surface area contributed by atoms with E-state index in [-0.39, 0.29) is 23.1 Å². The Labute approximate surface area is 111 Å². The number of amides is 1. The number of aromatic carboxylic acids is 1. The summed E-state index contributed by atoms with van der Waals surface area (Å²) in [6, 6.07) is 5.84. The summed E-state index contributed by atoms with van der Waals surface area (Å²) in [7, 11) is 0. The molecule has 7 heteroatoms. The zero-order chi connectivity index (χ0) is 13.8. The lowest BCUT2D eigenvalue weighted by Crippen LogP contribution is -2.22. The molecule has 0 saturated heterocycles. The Balaban J connectivity index is 1.99. The van der Waals surface area contributed by atoms with Gasteiger partial charge in [0.05, 0.1) is 0 Å². The molecule has 2 rings (SSSR count). The molecule has 1 aromatic carbocycles. The molecular formula is C12H9FN2O3S. The van der Waals surface area contributed by atoms with Gasteiger partial charge in [-0.25, -0.2) is 14.2 Å². The number of nitrogens with one attached hydrogen (secondary N) is 1. The number of carboxylic acid groups (broad SMARTS) is 1. The summed E-state index contributed by atoms with van der Waals surface area (Å²) in [5, 5.41) is 12.6. The predicted molar refractivity (Wildman–Crippen MR) is 66.6 cm³/mol. The number of hydrogen-bond donors (Lipinski definition) is 2. The lowest BCUT2D eigenvalue weighted by molar-refractivity contribution is 0.0691. The van der Waals surface area contributed by atoms with E-state index in [9.17, 15) is 14.0 Å². The van der Waals surface area contributed by atoms with Crippen LogP contribution in [0.4, 0.5) is 4.39 Å². The highest BCUT2D eigenvalue weighted by molar-refractivity contribution is 7.11. The van der Waals surface area contributed by atoms with Gasteiger partial charge < -0.3 is 10.4 Å². The highest BCUT2D eigenvalue weighted by Crippen LogP contribution is 2.10. The molecule has 0 bridgehead atoms. The number of rotatable bonds is 4. The molecule has 0 aliphatic heterocycles. The standard InChI is InChI=1S/C12H9FN2O3S/c13-8-3-1-2-7(4-8)5-14-10(16)11-15-9(6-19-11)12(17)18/h1-4,6H,5H2,(H,14,16)(H,17,18). The Morgan fingerprint density at radius 3 is 2.84 bits per heavy atom. The smallest absolute Gasteiger partial charge is 0.355 e. The molecule has 0 saturated carbocycles. The molecule has 1 aromatic heterocycles. The quantitative estimate of drug-likeness (QED) is 0.896. The van der Waals surface area contributed by atoms with Crippen LogP contribution in [-0.2, 0) is 6.54 Å². The van der Waals surface area contributed by atoms with Crippen molar-refractivity contribution in [3.63, 3.8) is 0 Å². The monoisotopic (exact) mass is 280 g/mol. The Morgan fingerprint density at radius 1 is 1.42 bits per heavy atom. The number of hydrogen-bond acceptors (Lipinski definition) is 4. The molecule has 0 atom stereocenters. The third-order valence-corrected chi connectivity index (χ3v) is 3.10. The number of aromatic nitrogens is 1. The normalized spacial score (nSPS) is 10.2. The van der Waals surface area contributed by atoms with Crippen molar-refractivity contribution < 1.29 is 19.1 Å². The maximum absolute atomic E-state index is 12.9. The van der Waals surface area contributed by atoms with Crippen LogP contribution >= 0.6 is 11.3 Å². The minimum absolute atomic E-state index is 0.0637. The van der Waals surface area contributed by atoms with E-state index in [0.717, 1.165) is 11.3 Å². The molecule has 0 radical (unpaired) electrons. The Morgan fingerprint density at radius 2 is 2.21 bits per heavy atom. The SMILES string of the molecule is O=C(O)c1csc(C(=O)NCc2cccc(F)c2)n1. The van der Waals surface area contributed by atoms with Crippen LogP contribution in [-0.4, -0.2) is 22.0 Å². The molecule has 19 heavy (non-hydrogen) atoms. The van der Waals surface area contributed by atoms with Crippen LogP contribution in [0.25, 0.3) is 0 Å². The third-order valence-electron chi connectivity index (χ3n) is 2.26. The molecule has 2 aromatic rings. The summed E-state index contributed by atoms with van der Waals surface area (Å²) >= 11 is 0.946. The maximum atomic E-state index is 12.9. The van der Waals surface area contributed by atoms with Crippen LogP contribution in [0, 0.1) is 5.82 Å². The average Bonchev–Trinajstić information content (AvgIpc) is 2.86. The molecule has 1 heterocycles. The molecule has 2 N–H and O–H groups in total. The van der Waals surface area contributed by atoms with Gasteiger partial charge in [-0.1, -0.05) is 12.1 Å². The second-order valence-electron chi connectivity index (χ2n) is 3.66. The van der Waals surface area contributed by atoms with Gasteiger partial charge in [-0.3, -0.25) is 4.79 Å². The molecule has 1 amide bonds. The van der Waals surface area contributed by atoms with E-state index in [1.165, 1.54) is 17.5 Å². The molecular weight excluding hydrogens is 271 g/mol. The second kappa shape index (κ2) is 5.57. The van der Waals surface area contributed by atoms with Crippen molar-refractivity contribution in [3.05, 3.63) is 51.7 Å². The van der Waals surface area contributed by atoms with Gasteiger partial charge in [-0.05, 0) is 17.7 Å². The van der Waals surface area contributed by atoms with Gasteiger partial charge in [0.25, 0.3) is 5.91 Å². The fraction of sp³-hybridized carbons (Fsp3) is 0.0833. The van der Waals surface area contributed by atoms with Crippen LogP contribution < -0.4 is 5.32 Å². The minimum atomic E-state index is -1.18. The maximum Gasteiger partial charge on any atom is 0.355 e. The van der Waals surface area contributed by atoms with Crippen molar-refractivity contribution in [1.29, 1.82) is 0 Å². The number of halogens is 1. The minimum Gasteiger partial charge on any atom is -0.476 e. The fourth-order valence-corrected chi connectivity index (χ4v) is 2.09. The highest BCUT2D eigenvalue weighted by Gasteiger charge is 2.14. The van der Waals surface area contributed by atoms with Gasteiger partial charge >= 0.3 is 5.97 Å². The van der Waals surface area contributed by atoms with Crippen LogP contribution in [0.1, 0.15) is 25.9 Å². The number of carbonyl (C=O) groups is 2. The summed E-state index contributed by atoms with van der Waals surface area (Å²) in [6.45, 7) is 0.151. The second-order valence-corrected chi connectivity index (χ2v) is 4.51. The number of benzene rings is 1. The van der Waals surface area contributed by atoms with Gasteiger partial charge in [0.2, 0.25) is 0 Å². The van der Waals surface area contributed by atoms with Crippen molar-refractivity contribution in [2.45, 2.75) is 6.54 Å². The summed E-state index contributed by atoms with van der Waals surface area (Å²) in [6.07, 6.45) is 0. The van der Waals surface area contributed by atoms with Crippen LogP contribution in [0.2, 0.25) is 0 Å². The zero-order valence-corrected chi connectivity index (χ0v) is 10.4. The lowest BCUT2D eigenvalue weighted by atomic mass is 10.2. The van der Waals surface area contributed by atoms with E-state index in [2.05, 4.69) is 10.3 Å². The fourth-order valence-electron chi connectivity index (χ4n) is 1.38. The van der Waals surface area contributed by atoms with Gasteiger partial charge in [0.15, 0.2) is 10.7 Å². The number of carboxylic acids is 1. The summed E-state index contributed by atoms with van der Waals surface area (Å²) < 4.78 is 12.9. The topological polar surface area (TPSA) is 79.3 Å². The molecule has 5 nitrogen and oxygen atoms in total. The van der Waals surface area contributed by atoms with Crippen molar-refractivity contribution in [2.24, 2.45) is 0 Å². The largest absolute Gasteiger partial charge is 0.476 e. The first-order valence-corrected chi connectivity index (χ1v) is 6.15. The van der Waals surface area contributed by atoms with Crippen molar-refractivity contribution in [3.8, 4) is 0 Å². The van der Waals surface area contributed by atoms with Crippen molar-refractivity contribution in [1.82, 2.24) is 10.3 Å². The highest BCUT2D eigenvalue weighted by atomic mass is 32.1. The predicted octanol–water partition coefficient (Wildman–Crippen LogP) is 1.91. The van der Waals surface area contributed by atoms with Crippen LogP contribution in [0.5, 0.6) is 0 Å². The number of carbonyl (C=O) groups excluding carboxylic acids is 1. The van der Waals surface area contributed by atoms with Gasteiger partial charge in [-0.2, -0.15) is 0 Å². The summed E-state index contributed by atoms with van der Waals surface area (Å²) in [4.78, 5) is 26.0. The van der Waals surface area contributed by atoms with Crippen molar-refractivity contribution in [2.75, 3.05) is 0 Å². The number of thiazole rings is 1. The van der Waals surface area contributed by atoms with Gasteiger partial charge in [0, 0.05) is 11.9 Å². The molecule has 98 valence electrons. The van der Waals surface area contributed by atoms with Gasteiger partial charge in [0.1, 0.15) is 5.82 Å². The summed E-state index contributed by atoms with van der Waals surface area (Å²) in [5.41, 5.74) is 0.448. The van der Waals surface area contributed by atoms with Crippen molar-refractivity contribution >= 4 is 23.2 Å². The third kappa shape index (κ3) is 3.35. The zero-order valence-electron chi connectivity index (χ0n) is 9.59. The molecule has 0 spiro atoms. The average molecular weight is 280 g/mol.